The third-order valence-electron chi connectivity index (χ3n) is 4.76. The Balaban J connectivity index is 2.09. The predicted molar refractivity (Wildman–Crippen MR) is 112 cm³/mol. The van der Waals surface area contributed by atoms with Crippen LogP contribution in [0.2, 0.25) is 5.02 Å². The van der Waals surface area contributed by atoms with Gasteiger partial charge in [0.05, 0.1) is 18.0 Å². The van der Waals surface area contributed by atoms with Crippen LogP contribution in [0.5, 0.6) is 0 Å². The Labute approximate surface area is 177 Å². The van der Waals surface area contributed by atoms with E-state index >= 15 is 0 Å². The van der Waals surface area contributed by atoms with E-state index in [2.05, 4.69) is 4.98 Å². The van der Waals surface area contributed by atoms with Gasteiger partial charge in [0, 0.05) is 18.3 Å². The maximum atomic E-state index is 13.3. The van der Waals surface area contributed by atoms with Crippen LogP contribution in [-0.4, -0.2) is 31.5 Å². The summed E-state index contributed by atoms with van der Waals surface area (Å²) < 4.78 is 34.6. The summed E-state index contributed by atoms with van der Waals surface area (Å²) in [4.78, 5) is 17.5. The van der Waals surface area contributed by atoms with Crippen molar-refractivity contribution in [1.29, 1.82) is 0 Å². The number of anilines is 1. The number of pyridine rings is 2. The van der Waals surface area contributed by atoms with Crippen LogP contribution in [0.25, 0.3) is 16.7 Å². The number of aromatic nitrogens is 3. The first-order valence-corrected chi connectivity index (χ1v) is 10.8. The molecule has 0 amide bonds. The van der Waals surface area contributed by atoms with Crippen LogP contribution in [-0.2, 0) is 21.1 Å². The highest BCUT2D eigenvalue weighted by molar-refractivity contribution is 7.91. The average Bonchev–Trinajstić information content (AvgIpc) is 2.73. The summed E-state index contributed by atoms with van der Waals surface area (Å²) in [6.45, 7) is 0.475. The molecule has 4 rings (SSSR count). The minimum Gasteiger partial charge on any atom is -0.381 e. The van der Waals surface area contributed by atoms with Gasteiger partial charge in [-0.15, -0.1) is 0 Å². The van der Waals surface area contributed by atoms with Crippen molar-refractivity contribution in [2.45, 2.75) is 16.3 Å². The summed E-state index contributed by atoms with van der Waals surface area (Å²) in [6, 6.07) is 12.2. The van der Waals surface area contributed by atoms with Crippen molar-refractivity contribution in [1.82, 2.24) is 9.38 Å². The molecule has 0 spiro atoms. The van der Waals surface area contributed by atoms with Crippen LogP contribution in [0.3, 0.4) is 0 Å². The summed E-state index contributed by atoms with van der Waals surface area (Å²) in [7, 11) is -2.50. The van der Waals surface area contributed by atoms with Gasteiger partial charge in [-0.2, -0.15) is 0 Å². The Hall–Kier alpha value is -3.01. The van der Waals surface area contributed by atoms with E-state index in [1.54, 1.807) is 24.4 Å². The third kappa shape index (κ3) is 3.30. The lowest BCUT2D eigenvalue weighted by Crippen LogP contribution is -2.43. The van der Waals surface area contributed by atoms with Gasteiger partial charge in [-0.05, 0) is 42.5 Å². The monoisotopic (exact) mass is 445 g/mol. The smallest absolute Gasteiger partial charge is 0.278 e. The first-order chi connectivity index (χ1) is 14.3. The van der Waals surface area contributed by atoms with Crippen molar-refractivity contribution in [2.75, 3.05) is 19.5 Å². The van der Waals surface area contributed by atoms with E-state index in [4.69, 9.17) is 22.1 Å². The molecule has 0 aliphatic rings. The number of rotatable bonds is 5. The molecule has 0 atom stereocenters. The second-order valence-electron chi connectivity index (χ2n) is 6.58. The Morgan fingerprint density at radius 3 is 2.63 bits per heavy atom. The summed E-state index contributed by atoms with van der Waals surface area (Å²) in [5, 5.41) is 0.543. The van der Waals surface area contributed by atoms with Gasteiger partial charge < -0.3 is 10.5 Å². The zero-order chi connectivity index (χ0) is 21.5. The first kappa shape index (κ1) is 20.3. The van der Waals surface area contributed by atoms with Gasteiger partial charge >= 0.3 is 0 Å². The lowest BCUT2D eigenvalue weighted by atomic mass is 10.3. The molecule has 0 fully saturated rings. The quantitative estimate of drug-likeness (QED) is 0.371. The van der Waals surface area contributed by atoms with Crippen LogP contribution < -0.4 is 15.9 Å². The fourth-order valence-electron chi connectivity index (χ4n) is 3.24. The van der Waals surface area contributed by atoms with Crippen molar-refractivity contribution in [2.24, 2.45) is 0 Å². The lowest BCUT2D eigenvalue weighted by Gasteiger charge is -2.12. The van der Waals surface area contributed by atoms with Gasteiger partial charge in [-0.3, -0.25) is 9.20 Å². The molecule has 0 bridgehead atoms. The van der Waals surface area contributed by atoms with Gasteiger partial charge in [0.2, 0.25) is 21.3 Å². The van der Waals surface area contributed by atoms with E-state index in [1.165, 1.54) is 46.4 Å². The molecule has 8 nitrogen and oxygen atoms in total. The minimum absolute atomic E-state index is 0.0186. The molecule has 0 unspecified atom stereocenters. The van der Waals surface area contributed by atoms with E-state index in [0.29, 0.717) is 10.7 Å². The highest BCUT2D eigenvalue weighted by Gasteiger charge is 2.29. The molecule has 1 aromatic carbocycles. The van der Waals surface area contributed by atoms with Crippen molar-refractivity contribution in [3.05, 3.63) is 70.1 Å². The van der Waals surface area contributed by atoms with E-state index < -0.39 is 15.4 Å². The number of hydrogen-bond acceptors (Lipinski definition) is 6. The third-order valence-corrected chi connectivity index (χ3v) is 6.81. The minimum atomic E-state index is -4.02. The number of hydrogen-bond donors (Lipinski definition) is 1. The Morgan fingerprint density at radius 2 is 1.93 bits per heavy atom. The Kier molecular flexibility index (Phi) is 5.19. The molecule has 3 heterocycles. The number of sulfone groups is 1. The largest absolute Gasteiger partial charge is 0.381 e. The van der Waals surface area contributed by atoms with Crippen molar-refractivity contribution < 1.29 is 17.7 Å². The molecule has 2 N–H and O–H groups in total. The highest BCUT2D eigenvalue weighted by Crippen LogP contribution is 2.27. The van der Waals surface area contributed by atoms with Gasteiger partial charge in [0.1, 0.15) is 10.3 Å². The van der Waals surface area contributed by atoms with Crippen LogP contribution >= 0.6 is 11.6 Å². The molecule has 0 saturated heterocycles. The van der Waals surface area contributed by atoms with E-state index in [-0.39, 0.29) is 39.8 Å². The second kappa shape index (κ2) is 7.67. The fourth-order valence-corrected chi connectivity index (χ4v) is 4.77. The molecular weight excluding hydrogens is 428 g/mol. The summed E-state index contributed by atoms with van der Waals surface area (Å²) in [6.07, 6.45) is 1.58. The van der Waals surface area contributed by atoms with Crippen molar-refractivity contribution >= 4 is 43.9 Å². The molecule has 10 heteroatoms. The van der Waals surface area contributed by atoms with E-state index in [1.807, 2.05) is 0 Å². The molecule has 0 saturated carbocycles. The predicted octanol–water partition coefficient (Wildman–Crippen LogP) is 1.85. The second-order valence-corrected chi connectivity index (χ2v) is 8.93. The molecule has 4 aromatic rings. The zero-order valence-corrected chi connectivity index (χ0v) is 17.5. The molecule has 3 aromatic heterocycles. The van der Waals surface area contributed by atoms with Crippen molar-refractivity contribution in [3.8, 4) is 0 Å². The Bertz CT molecular complexity index is 1430. The molecule has 0 radical (unpaired) electrons. The maximum absolute atomic E-state index is 13.3. The fraction of sp³-hybridized carbons (Fsp3) is 0.150. The SMILES string of the molecule is COCC[n+]1c(N)c(S(=O)(=O)c2ccc(Cl)cc2)cc2c(=O)n3ccccc3nc21. The Morgan fingerprint density at radius 1 is 1.20 bits per heavy atom. The lowest BCUT2D eigenvalue weighted by molar-refractivity contribution is -0.662. The number of nitrogen functional groups attached to an aromatic ring is 1. The molecule has 0 aliphatic heterocycles. The van der Waals surface area contributed by atoms with Crippen molar-refractivity contribution in [3.63, 3.8) is 0 Å². The summed E-state index contributed by atoms with van der Waals surface area (Å²) in [5.74, 6) is -0.0262. The van der Waals surface area contributed by atoms with E-state index in [0.717, 1.165) is 0 Å². The molecule has 30 heavy (non-hydrogen) atoms. The highest BCUT2D eigenvalue weighted by atomic mass is 35.5. The van der Waals surface area contributed by atoms with Gasteiger partial charge in [0.25, 0.3) is 11.2 Å². The van der Waals surface area contributed by atoms with Gasteiger partial charge in [0.15, 0.2) is 0 Å². The normalized spacial score (nSPS) is 11.9. The maximum Gasteiger partial charge on any atom is 0.278 e. The molecule has 154 valence electrons. The number of ether oxygens (including phenoxy) is 1. The standard InChI is InChI=1S/C20H17ClN4O4S/c1-29-11-10-25-18(22)16(30(27,28)14-7-5-13(21)6-8-14)12-15-19(25)23-17-4-2-3-9-24(17)20(15)26/h2-9,12,22H,10-11H2,1H3/p+1. The molecular formula is C20H18ClN4O4S+. The summed E-state index contributed by atoms with van der Waals surface area (Å²) in [5.41, 5.74) is 6.61. The number of methoxy groups -OCH3 is 1. The number of halogens is 1. The van der Waals surface area contributed by atoms with Gasteiger partial charge in [-0.25, -0.2) is 13.0 Å². The number of nitrogens with two attached hydrogens (primary N) is 1. The number of benzene rings is 1. The average molecular weight is 446 g/mol. The molecule has 0 aliphatic carbocycles. The zero-order valence-electron chi connectivity index (χ0n) is 15.9. The van der Waals surface area contributed by atoms with Crippen LogP contribution in [0.4, 0.5) is 5.82 Å². The number of fused-ring (bicyclic) bond motifs is 2. The first-order valence-electron chi connectivity index (χ1n) is 8.97. The van der Waals surface area contributed by atoms with Crippen LogP contribution in [0, 0.1) is 0 Å². The summed E-state index contributed by atoms with van der Waals surface area (Å²) >= 11 is 5.89. The van der Waals surface area contributed by atoms with E-state index in [9.17, 15) is 13.2 Å². The van der Waals surface area contributed by atoms with Crippen LogP contribution in [0.1, 0.15) is 0 Å². The topological polar surface area (TPSA) is 108 Å². The van der Waals surface area contributed by atoms with Gasteiger partial charge in [-0.1, -0.05) is 22.7 Å². The number of nitrogens with zero attached hydrogens (tertiary/aromatic N) is 3. The van der Waals surface area contributed by atoms with Crippen LogP contribution in [0.15, 0.2) is 69.3 Å².